The number of thiazole rings is 1. The van der Waals surface area contributed by atoms with Gasteiger partial charge in [0.25, 0.3) is 5.91 Å². The van der Waals surface area contributed by atoms with Crippen LogP contribution < -0.4 is 5.32 Å². The summed E-state index contributed by atoms with van der Waals surface area (Å²) in [4.78, 5) is 29.9. The van der Waals surface area contributed by atoms with Crippen LogP contribution in [0.3, 0.4) is 0 Å². The zero-order valence-electron chi connectivity index (χ0n) is 12.3. The van der Waals surface area contributed by atoms with Gasteiger partial charge in [0.2, 0.25) is 0 Å². The summed E-state index contributed by atoms with van der Waals surface area (Å²) in [5.41, 5.74) is 1.78. The molecule has 2 heterocycles. The largest absolute Gasteiger partial charge is 0.477 e. The van der Waals surface area contributed by atoms with Crippen LogP contribution in [0, 0.1) is 6.92 Å². The Balaban J connectivity index is 1.73. The fourth-order valence-electron chi connectivity index (χ4n) is 2.57. The lowest BCUT2D eigenvalue weighted by Gasteiger charge is -2.10. The second kappa shape index (κ2) is 5.81. The molecule has 1 aliphatic rings. The SMILES string of the molecule is Cc1nc(C(C)NC(=O)c2cc3c(s2)CCC3)sc1C(=O)O. The summed E-state index contributed by atoms with van der Waals surface area (Å²) in [6.45, 7) is 3.49. The molecule has 5 nitrogen and oxygen atoms in total. The lowest BCUT2D eigenvalue weighted by atomic mass is 10.2. The second-order valence-electron chi connectivity index (χ2n) is 5.38. The highest BCUT2D eigenvalue weighted by Crippen LogP contribution is 2.31. The third kappa shape index (κ3) is 2.78. The minimum Gasteiger partial charge on any atom is -0.477 e. The van der Waals surface area contributed by atoms with Crippen molar-refractivity contribution in [2.75, 3.05) is 0 Å². The predicted octanol–water partition coefficient (Wildman–Crippen LogP) is 3.19. The van der Waals surface area contributed by atoms with Crippen molar-refractivity contribution in [1.29, 1.82) is 0 Å². The van der Waals surface area contributed by atoms with E-state index in [0.717, 1.165) is 29.1 Å². The van der Waals surface area contributed by atoms with Crippen molar-refractivity contribution in [1.82, 2.24) is 10.3 Å². The number of aryl methyl sites for hydroxylation is 3. The van der Waals surface area contributed by atoms with Crippen molar-refractivity contribution < 1.29 is 14.7 Å². The van der Waals surface area contributed by atoms with E-state index in [9.17, 15) is 9.59 Å². The van der Waals surface area contributed by atoms with Gasteiger partial charge in [0.1, 0.15) is 9.88 Å². The van der Waals surface area contributed by atoms with Gasteiger partial charge in [0, 0.05) is 4.88 Å². The van der Waals surface area contributed by atoms with E-state index < -0.39 is 5.97 Å². The van der Waals surface area contributed by atoms with Gasteiger partial charge in [-0.05, 0) is 44.7 Å². The number of carboxylic acids is 1. The third-order valence-corrected chi connectivity index (χ3v) is 6.26. The monoisotopic (exact) mass is 336 g/mol. The Morgan fingerprint density at radius 2 is 2.14 bits per heavy atom. The molecule has 0 bridgehead atoms. The van der Waals surface area contributed by atoms with Crippen LogP contribution in [-0.2, 0) is 12.8 Å². The van der Waals surface area contributed by atoms with Gasteiger partial charge in [0.15, 0.2) is 0 Å². The molecule has 0 saturated heterocycles. The Bertz CT molecular complexity index is 727. The number of amides is 1. The molecule has 1 aliphatic carbocycles. The van der Waals surface area contributed by atoms with Crippen molar-refractivity contribution in [2.24, 2.45) is 0 Å². The molecule has 1 atom stereocenters. The van der Waals surface area contributed by atoms with E-state index in [-0.39, 0.29) is 16.8 Å². The number of nitrogens with one attached hydrogen (secondary N) is 1. The second-order valence-corrected chi connectivity index (χ2v) is 7.55. The van der Waals surface area contributed by atoms with Crippen LogP contribution in [0.2, 0.25) is 0 Å². The number of nitrogens with zero attached hydrogens (tertiary/aromatic N) is 1. The van der Waals surface area contributed by atoms with Crippen molar-refractivity contribution in [2.45, 2.75) is 39.2 Å². The topological polar surface area (TPSA) is 79.3 Å². The molecule has 2 N–H and O–H groups in total. The van der Waals surface area contributed by atoms with E-state index in [1.54, 1.807) is 18.3 Å². The van der Waals surface area contributed by atoms with E-state index in [1.807, 2.05) is 13.0 Å². The molecule has 0 spiro atoms. The van der Waals surface area contributed by atoms with Crippen LogP contribution in [0.4, 0.5) is 0 Å². The Labute approximate surface area is 136 Å². The van der Waals surface area contributed by atoms with Crippen LogP contribution in [0.1, 0.15) is 59.9 Å². The molecular formula is C15H16N2O3S2. The first-order valence-corrected chi connectivity index (χ1v) is 8.72. The molecule has 0 aromatic carbocycles. The maximum atomic E-state index is 12.3. The Morgan fingerprint density at radius 3 is 2.77 bits per heavy atom. The van der Waals surface area contributed by atoms with Crippen LogP contribution >= 0.6 is 22.7 Å². The van der Waals surface area contributed by atoms with Gasteiger partial charge in [-0.2, -0.15) is 0 Å². The highest BCUT2D eigenvalue weighted by Gasteiger charge is 2.22. The molecular weight excluding hydrogens is 320 g/mol. The molecule has 116 valence electrons. The smallest absolute Gasteiger partial charge is 0.347 e. The van der Waals surface area contributed by atoms with Crippen molar-refractivity contribution in [3.05, 3.63) is 37.0 Å². The number of thiophene rings is 1. The average Bonchev–Trinajstić information content (AvgIpc) is 3.10. The predicted molar refractivity (Wildman–Crippen MR) is 86.0 cm³/mol. The lowest BCUT2D eigenvalue weighted by molar-refractivity contribution is 0.0701. The minimum absolute atomic E-state index is 0.114. The summed E-state index contributed by atoms with van der Waals surface area (Å²) < 4.78 is 0. The minimum atomic E-state index is -0.977. The average molecular weight is 336 g/mol. The van der Waals surface area contributed by atoms with E-state index in [1.165, 1.54) is 16.9 Å². The quantitative estimate of drug-likeness (QED) is 0.898. The molecule has 0 fully saturated rings. The number of hydrogen-bond acceptors (Lipinski definition) is 5. The fourth-order valence-corrected chi connectivity index (χ4v) is 4.64. The number of aromatic carboxylic acids is 1. The van der Waals surface area contributed by atoms with Gasteiger partial charge in [0.05, 0.1) is 16.6 Å². The van der Waals surface area contributed by atoms with Crippen molar-refractivity contribution in [3.8, 4) is 0 Å². The summed E-state index contributed by atoms with van der Waals surface area (Å²) in [7, 11) is 0. The number of carbonyl (C=O) groups is 2. The van der Waals surface area contributed by atoms with E-state index >= 15 is 0 Å². The molecule has 1 amide bonds. The van der Waals surface area contributed by atoms with Gasteiger partial charge < -0.3 is 10.4 Å². The lowest BCUT2D eigenvalue weighted by Crippen LogP contribution is -2.25. The number of hydrogen-bond donors (Lipinski definition) is 2. The summed E-state index contributed by atoms with van der Waals surface area (Å²) >= 11 is 2.67. The summed E-state index contributed by atoms with van der Waals surface area (Å²) in [6.07, 6.45) is 3.30. The van der Waals surface area contributed by atoms with Gasteiger partial charge in [-0.1, -0.05) is 0 Å². The van der Waals surface area contributed by atoms with Gasteiger partial charge in [-0.15, -0.1) is 22.7 Å². The molecule has 0 aliphatic heterocycles. The van der Waals surface area contributed by atoms with Crippen molar-refractivity contribution >= 4 is 34.6 Å². The molecule has 22 heavy (non-hydrogen) atoms. The maximum absolute atomic E-state index is 12.3. The zero-order valence-corrected chi connectivity index (χ0v) is 13.9. The Morgan fingerprint density at radius 1 is 1.36 bits per heavy atom. The van der Waals surface area contributed by atoms with E-state index in [2.05, 4.69) is 10.3 Å². The molecule has 2 aromatic rings. The highest BCUT2D eigenvalue weighted by atomic mass is 32.1. The summed E-state index contributed by atoms with van der Waals surface area (Å²) in [5.74, 6) is -1.09. The van der Waals surface area contributed by atoms with E-state index in [0.29, 0.717) is 10.7 Å². The maximum Gasteiger partial charge on any atom is 0.347 e. The standard InChI is InChI=1S/C15H16N2O3S2/c1-7-12(15(19)20)22-14(17-7)8(2)16-13(18)11-6-9-4-3-5-10(9)21-11/h6,8H,3-5H2,1-2H3,(H,16,18)(H,19,20). The van der Waals surface area contributed by atoms with Gasteiger partial charge >= 0.3 is 5.97 Å². The summed E-state index contributed by atoms with van der Waals surface area (Å²) in [6, 6.07) is 1.67. The molecule has 7 heteroatoms. The Hall–Kier alpha value is -1.73. The number of aromatic nitrogens is 1. The Kier molecular flexibility index (Phi) is 4.01. The first-order chi connectivity index (χ1) is 10.5. The highest BCUT2D eigenvalue weighted by molar-refractivity contribution is 7.14. The number of carboxylic acid groups (broad SMARTS) is 1. The number of fused-ring (bicyclic) bond motifs is 1. The van der Waals surface area contributed by atoms with Crippen LogP contribution in [0.15, 0.2) is 6.07 Å². The molecule has 2 aromatic heterocycles. The third-order valence-electron chi connectivity index (χ3n) is 3.70. The van der Waals surface area contributed by atoms with Crippen LogP contribution in [0.5, 0.6) is 0 Å². The van der Waals surface area contributed by atoms with E-state index in [4.69, 9.17) is 5.11 Å². The van der Waals surface area contributed by atoms with Gasteiger partial charge in [-0.3, -0.25) is 4.79 Å². The molecule has 0 radical (unpaired) electrons. The van der Waals surface area contributed by atoms with Gasteiger partial charge in [-0.25, -0.2) is 9.78 Å². The molecule has 0 saturated carbocycles. The first-order valence-electron chi connectivity index (χ1n) is 7.08. The molecule has 3 rings (SSSR count). The fraction of sp³-hybridized carbons (Fsp3) is 0.400. The van der Waals surface area contributed by atoms with Crippen LogP contribution in [0.25, 0.3) is 0 Å². The first kappa shape index (κ1) is 15.2. The number of carbonyl (C=O) groups excluding carboxylic acids is 1. The van der Waals surface area contributed by atoms with Crippen LogP contribution in [-0.4, -0.2) is 22.0 Å². The summed E-state index contributed by atoms with van der Waals surface area (Å²) in [5, 5.41) is 12.6. The zero-order chi connectivity index (χ0) is 15.9. The number of rotatable bonds is 4. The van der Waals surface area contributed by atoms with Crippen molar-refractivity contribution in [3.63, 3.8) is 0 Å². The normalized spacial score (nSPS) is 14.6. The molecule has 1 unspecified atom stereocenters.